The highest BCUT2D eigenvalue weighted by Crippen LogP contribution is 2.31. The molecule has 0 aliphatic carbocycles. The van der Waals surface area contributed by atoms with Crippen molar-refractivity contribution in [3.05, 3.63) is 70.3 Å². The lowest BCUT2D eigenvalue weighted by atomic mass is 10.2. The Labute approximate surface area is 165 Å². The van der Waals surface area contributed by atoms with Crippen LogP contribution in [0.25, 0.3) is 17.1 Å². The van der Waals surface area contributed by atoms with Crippen LogP contribution in [0.2, 0.25) is 0 Å². The van der Waals surface area contributed by atoms with Crippen molar-refractivity contribution in [2.45, 2.75) is 24.8 Å². The van der Waals surface area contributed by atoms with Crippen molar-refractivity contribution in [2.75, 3.05) is 6.61 Å². The summed E-state index contributed by atoms with van der Waals surface area (Å²) in [4.78, 5) is 16.9. The zero-order chi connectivity index (χ0) is 19.5. The summed E-state index contributed by atoms with van der Waals surface area (Å²) in [6.45, 7) is 4.35. The molecule has 28 heavy (non-hydrogen) atoms. The van der Waals surface area contributed by atoms with E-state index in [2.05, 4.69) is 15.2 Å². The summed E-state index contributed by atoms with van der Waals surface area (Å²) in [5, 5.41) is 8.61. The molecule has 0 aliphatic heterocycles. The Morgan fingerprint density at radius 3 is 2.86 bits per heavy atom. The first kappa shape index (κ1) is 18.2. The number of pyridine rings is 1. The number of benzene rings is 1. The maximum Gasteiger partial charge on any atom is 0.277 e. The van der Waals surface area contributed by atoms with Gasteiger partial charge in [-0.2, -0.15) is 0 Å². The summed E-state index contributed by atoms with van der Waals surface area (Å²) in [6.07, 6.45) is 0. The molecule has 3 aromatic heterocycles. The molecule has 3 heterocycles. The lowest BCUT2D eigenvalue weighted by Gasteiger charge is -2.06. The fourth-order valence-corrected chi connectivity index (χ4v) is 3.53. The summed E-state index contributed by atoms with van der Waals surface area (Å²) in [6, 6.07) is 14.6. The van der Waals surface area contributed by atoms with Crippen LogP contribution < -0.4 is 10.3 Å². The molecule has 0 bridgehead atoms. The summed E-state index contributed by atoms with van der Waals surface area (Å²) in [5.74, 6) is 1.55. The minimum absolute atomic E-state index is 0.101. The predicted octanol–water partition coefficient (Wildman–Crippen LogP) is 3.74. The van der Waals surface area contributed by atoms with Crippen LogP contribution >= 0.6 is 11.8 Å². The molecule has 0 N–H and O–H groups in total. The van der Waals surface area contributed by atoms with Gasteiger partial charge in [-0.15, -0.1) is 10.2 Å². The Balaban J connectivity index is 1.54. The first-order chi connectivity index (χ1) is 13.7. The molecule has 0 unspecified atom stereocenters. The van der Waals surface area contributed by atoms with Crippen LogP contribution in [0.1, 0.15) is 18.3 Å². The van der Waals surface area contributed by atoms with Gasteiger partial charge >= 0.3 is 0 Å². The smallest absolute Gasteiger partial charge is 0.277 e. The molecule has 0 aliphatic rings. The van der Waals surface area contributed by atoms with Crippen LogP contribution in [0.5, 0.6) is 5.75 Å². The zero-order valence-electron chi connectivity index (χ0n) is 15.5. The molecular weight excluding hydrogens is 376 g/mol. The Bertz CT molecular complexity index is 1190. The highest BCUT2D eigenvalue weighted by molar-refractivity contribution is 7.98. The molecule has 0 radical (unpaired) electrons. The van der Waals surface area contributed by atoms with Crippen LogP contribution in [0.4, 0.5) is 0 Å². The lowest BCUT2D eigenvalue weighted by molar-refractivity contribution is 0.340. The summed E-state index contributed by atoms with van der Waals surface area (Å²) in [5.41, 5.74) is 2.79. The summed E-state index contributed by atoms with van der Waals surface area (Å²) < 4.78 is 13.0. The third-order valence-electron chi connectivity index (χ3n) is 4.10. The molecular formula is C20H18N4O3S. The minimum atomic E-state index is -0.101. The number of aryl methyl sites for hydroxylation is 1. The summed E-state index contributed by atoms with van der Waals surface area (Å²) in [7, 11) is 0. The fourth-order valence-electron chi connectivity index (χ4n) is 2.87. The molecule has 0 fully saturated rings. The average Bonchev–Trinajstić information content (AvgIpc) is 3.16. The number of aromatic nitrogens is 4. The van der Waals surface area contributed by atoms with Gasteiger partial charge in [-0.25, -0.2) is 4.98 Å². The highest BCUT2D eigenvalue weighted by Gasteiger charge is 2.14. The van der Waals surface area contributed by atoms with Gasteiger partial charge in [0, 0.05) is 17.5 Å². The second-order valence-electron chi connectivity index (χ2n) is 6.04. The molecule has 142 valence electrons. The molecule has 0 saturated heterocycles. The van der Waals surface area contributed by atoms with Crippen molar-refractivity contribution in [1.82, 2.24) is 19.6 Å². The van der Waals surface area contributed by atoms with Crippen molar-refractivity contribution in [1.29, 1.82) is 0 Å². The topological polar surface area (TPSA) is 82.5 Å². The number of para-hydroxylation sites is 1. The van der Waals surface area contributed by atoms with Crippen molar-refractivity contribution in [2.24, 2.45) is 0 Å². The Hall–Kier alpha value is -3.13. The first-order valence-electron chi connectivity index (χ1n) is 8.82. The molecule has 7 nitrogen and oxygen atoms in total. The van der Waals surface area contributed by atoms with Crippen molar-refractivity contribution in [3.63, 3.8) is 0 Å². The van der Waals surface area contributed by atoms with Crippen LogP contribution in [0, 0.1) is 6.92 Å². The lowest BCUT2D eigenvalue weighted by Crippen LogP contribution is -2.17. The average molecular weight is 394 g/mol. The highest BCUT2D eigenvalue weighted by atomic mass is 32.2. The van der Waals surface area contributed by atoms with E-state index in [4.69, 9.17) is 9.15 Å². The van der Waals surface area contributed by atoms with Gasteiger partial charge < -0.3 is 9.15 Å². The van der Waals surface area contributed by atoms with Crippen molar-refractivity contribution >= 4 is 17.4 Å². The van der Waals surface area contributed by atoms with Gasteiger partial charge in [-0.05, 0) is 38.1 Å². The molecule has 1 aromatic carbocycles. The van der Waals surface area contributed by atoms with Gasteiger partial charge in [-0.1, -0.05) is 30.0 Å². The van der Waals surface area contributed by atoms with Crippen molar-refractivity contribution < 1.29 is 9.15 Å². The third-order valence-corrected chi connectivity index (χ3v) is 4.95. The van der Waals surface area contributed by atoms with Crippen molar-refractivity contribution in [3.8, 4) is 17.2 Å². The number of thioether (sulfide) groups is 1. The normalized spacial score (nSPS) is 11.1. The number of nitrogens with zero attached hydrogens (tertiary/aromatic N) is 4. The van der Waals surface area contributed by atoms with Gasteiger partial charge in [-0.3, -0.25) is 9.20 Å². The van der Waals surface area contributed by atoms with E-state index in [9.17, 15) is 4.79 Å². The zero-order valence-corrected chi connectivity index (χ0v) is 16.3. The largest absolute Gasteiger partial charge is 0.493 e. The van der Waals surface area contributed by atoms with Gasteiger partial charge in [0.25, 0.3) is 16.7 Å². The maximum atomic E-state index is 12.4. The molecule has 0 amide bonds. The van der Waals surface area contributed by atoms with Crippen LogP contribution in [-0.2, 0) is 5.75 Å². The van der Waals surface area contributed by atoms with Gasteiger partial charge in [0.05, 0.1) is 17.9 Å². The Morgan fingerprint density at radius 2 is 2.00 bits per heavy atom. The Kier molecular flexibility index (Phi) is 5.12. The number of hydrogen-bond acceptors (Lipinski definition) is 7. The molecule has 4 aromatic rings. The van der Waals surface area contributed by atoms with E-state index >= 15 is 0 Å². The minimum Gasteiger partial charge on any atom is -0.493 e. The second-order valence-corrected chi connectivity index (χ2v) is 6.96. The SMILES string of the molecule is CCOc1ccccc1-c1nnc(SCc2cc(=O)n3c(C)cccc3n2)o1. The second kappa shape index (κ2) is 7.85. The van der Waals surface area contributed by atoms with E-state index in [-0.39, 0.29) is 5.56 Å². The van der Waals surface area contributed by atoms with Gasteiger partial charge in [0.2, 0.25) is 0 Å². The van der Waals surface area contributed by atoms with Gasteiger partial charge in [0.15, 0.2) is 0 Å². The number of hydrogen-bond donors (Lipinski definition) is 0. The van der Waals surface area contributed by atoms with Crippen LogP contribution in [0.15, 0.2) is 63.0 Å². The first-order valence-corrected chi connectivity index (χ1v) is 9.81. The number of fused-ring (bicyclic) bond motifs is 1. The van der Waals surface area contributed by atoms with E-state index in [0.29, 0.717) is 40.6 Å². The van der Waals surface area contributed by atoms with E-state index in [1.165, 1.54) is 17.8 Å². The van der Waals surface area contributed by atoms with Crippen LogP contribution in [0.3, 0.4) is 0 Å². The third kappa shape index (κ3) is 3.63. The Morgan fingerprint density at radius 1 is 1.14 bits per heavy atom. The maximum absolute atomic E-state index is 12.4. The molecule has 4 rings (SSSR count). The van der Waals surface area contributed by atoms with E-state index in [1.54, 1.807) is 4.40 Å². The molecule has 0 saturated carbocycles. The number of ether oxygens (including phenoxy) is 1. The van der Waals surface area contributed by atoms with E-state index < -0.39 is 0 Å². The number of rotatable bonds is 6. The monoisotopic (exact) mass is 394 g/mol. The molecule has 0 atom stereocenters. The van der Waals surface area contributed by atoms with Gasteiger partial charge in [0.1, 0.15) is 11.4 Å². The molecule has 8 heteroatoms. The quantitative estimate of drug-likeness (QED) is 0.461. The predicted molar refractivity (Wildman–Crippen MR) is 107 cm³/mol. The fraction of sp³-hybridized carbons (Fsp3) is 0.200. The summed E-state index contributed by atoms with van der Waals surface area (Å²) >= 11 is 1.34. The standard InChI is InChI=1S/C20H18N4O3S/c1-3-26-16-9-5-4-8-15(16)19-22-23-20(27-19)28-12-14-11-18(25)24-13(2)7-6-10-17(24)21-14/h4-11H,3,12H2,1-2H3. The molecule has 0 spiro atoms. The van der Waals surface area contributed by atoms with E-state index in [1.807, 2.05) is 56.3 Å². The van der Waals surface area contributed by atoms with Crippen LogP contribution in [-0.4, -0.2) is 26.2 Å². The van der Waals surface area contributed by atoms with E-state index in [0.717, 1.165) is 11.3 Å².